The van der Waals surface area contributed by atoms with Crippen LogP contribution in [0, 0.1) is 0 Å². The second kappa shape index (κ2) is 14.2. The van der Waals surface area contributed by atoms with E-state index in [-0.39, 0.29) is 11.3 Å². The quantitative estimate of drug-likeness (QED) is 0.393. The van der Waals surface area contributed by atoms with Crippen LogP contribution in [0.25, 0.3) is 0 Å². The van der Waals surface area contributed by atoms with Crippen LogP contribution in [0.1, 0.15) is 31.4 Å². The lowest BCUT2D eigenvalue weighted by Gasteiger charge is -2.26. The molecule has 210 valence electrons. The highest BCUT2D eigenvalue weighted by Crippen LogP contribution is 2.31. The van der Waals surface area contributed by atoms with Crippen LogP contribution in [0.15, 0.2) is 47.6 Å². The van der Waals surface area contributed by atoms with E-state index in [0.29, 0.717) is 36.1 Å². The van der Waals surface area contributed by atoms with E-state index in [2.05, 4.69) is 15.3 Å². The Kier molecular flexibility index (Phi) is 10.5. The maximum atomic E-state index is 12.6. The van der Waals surface area contributed by atoms with Crippen molar-refractivity contribution in [2.24, 2.45) is 5.10 Å². The first-order valence-electron chi connectivity index (χ1n) is 13.1. The summed E-state index contributed by atoms with van der Waals surface area (Å²) in [5.41, 5.74) is 3.17. The number of hydrazone groups is 1. The maximum absolute atomic E-state index is 12.6. The summed E-state index contributed by atoms with van der Waals surface area (Å²) in [4.78, 5) is 27.0. The predicted molar refractivity (Wildman–Crippen MR) is 152 cm³/mol. The molecule has 1 N–H and O–H groups in total. The first-order chi connectivity index (χ1) is 18.9. The van der Waals surface area contributed by atoms with Gasteiger partial charge in [0.2, 0.25) is 0 Å². The Morgan fingerprint density at radius 2 is 1.90 bits per heavy atom. The Morgan fingerprint density at radius 1 is 1.13 bits per heavy atom. The van der Waals surface area contributed by atoms with Crippen molar-refractivity contribution in [3.63, 3.8) is 0 Å². The highest BCUT2D eigenvalue weighted by Gasteiger charge is 2.23. The van der Waals surface area contributed by atoms with E-state index >= 15 is 0 Å². The van der Waals surface area contributed by atoms with E-state index in [1.165, 1.54) is 16.8 Å². The SMILES string of the molecule is COc1ccc(C2=NN(Cc3ccc(NC(=O)OCCCN4CCOCC4)cc3)C(=O)SC2)cc1OC(C)C. The minimum absolute atomic E-state index is 0.00503. The van der Waals surface area contributed by atoms with E-state index in [9.17, 15) is 9.59 Å². The van der Waals surface area contributed by atoms with E-state index < -0.39 is 6.09 Å². The average molecular weight is 557 g/mol. The van der Waals surface area contributed by atoms with Crippen LogP contribution in [-0.4, -0.2) is 85.4 Å². The van der Waals surface area contributed by atoms with Gasteiger partial charge in [0.25, 0.3) is 0 Å². The third kappa shape index (κ3) is 8.61. The minimum atomic E-state index is -0.484. The number of carbonyl (C=O) groups is 2. The summed E-state index contributed by atoms with van der Waals surface area (Å²) >= 11 is 1.21. The zero-order chi connectivity index (χ0) is 27.6. The lowest BCUT2D eigenvalue weighted by Crippen LogP contribution is -2.37. The van der Waals surface area contributed by atoms with Crippen molar-refractivity contribution >= 4 is 34.5 Å². The monoisotopic (exact) mass is 556 g/mol. The predicted octanol–water partition coefficient (Wildman–Crippen LogP) is 4.83. The molecule has 2 amide bonds. The molecule has 4 rings (SSSR count). The fraction of sp³-hybridized carbons (Fsp3) is 0.464. The molecular weight excluding hydrogens is 520 g/mol. The van der Waals surface area contributed by atoms with Crippen molar-refractivity contribution in [1.82, 2.24) is 9.91 Å². The van der Waals surface area contributed by atoms with Crippen LogP contribution in [0.3, 0.4) is 0 Å². The number of rotatable bonds is 11. The molecule has 1 saturated heterocycles. The van der Waals surface area contributed by atoms with Crippen molar-refractivity contribution in [2.45, 2.75) is 32.9 Å². The van der Waals surface area contributed by atoms with Crippen LogP contribution in [0.2, 0.25) is 0 Å². The molecule has 2 aliphatic heterocycles. The van der Waals surface area contributed by atoms with Crippen molar-refractivity contribution in [3.05, 3.63) is 53.6 Å². The van der Waals surface area contributed by atoms with Gasteiger partial charge in [0.1, 0.15) is 0 Å². The van der Waals surface area contributed by atoms with Gasteiger partial charge in [-0.3, -0.25) is 15.0 Å². The van der Waals surface area contributed by atoms with Gasteiger partial charge in [-0.25, -0.2) is 9.80 Å². The summed E-state index contributed by atoms with van der Waals surface area (Å²) in [6.45, 7) is 8.82. The van der Waals surface area contributed by atoms with Gasteiger partial charge < -0.3 is 18.9 Å². The number of carbonyl (C=O) groups excluding carboxylic acids is 2. The fourth-order valence-electron chi connectivity index (χ4n) is 4.16. The third-order valence-electron chi connectivity index (χ3n) is 6.13. The molecule has 0 atom stereocenters. The van der Waals surface area contributed by atoms with E-state index in [4.69, 9.17) is 18.9 Å². The van der Waals surface area contributed by atoms with Crippen molar-refractivity contribution in [1.29, 1.82) is 0 Å². The number of thioether (sulfide) groups is 1. The topological polar surface area (TPSA) is 102 Å². The lowest BCUT2D eigenvalue weighted by molar-refractivity contribution is 0.0348. The zero-order valence-corrected chi connectivity index (χ0v) is 23.5. The first kappa shape index (κ1) is 28.7. The van der Waals surface area contributed by atoms with Gasteiger partial charge in [0.15, 0.2) is 11.5 Å². The largest absolute Gasteiger partial charge is 0.493 e. The van der Waals surface area contributed by atoms with Crippen LogP contribution in [-0.2, 0) is 16.0 Å². The van der Waals surface area contributed by atoms with Crippen molar-refractivity contribution in [3.8, 4) is 11.5 Å². The molecule has 0 unspecified atom stereocenters. The Labute approximate surface area is 233 Å². The van der Waals surface area contributed by atoms with Crippen molar-refractivity contribution < 1.29 is 28.5 Å². The fourth-order valence-corrected chi connectivity index (χ4v) is 4.90. The second-order valence-corrected chi connectivity index (χ2v) is 10.4. The highest BCUT2D eigenvalue weighted by molar-refractivity contribution is 8.14. The van der Waals surface area contributed by atoms with Crippen LogP contribution in [0.4, 0.5) is 15.3 Å². The molecule has 2 aromatic carbocycles. The van der Waals surface area contributed by atoms with Gasteiger partial charge in [0.05, 0.1) is 45.3 Å². The number of ether oxygens (including phenoxy) is 4. The molecular formula is C28H36N4O6S. The number of nitrogens with zero attached hydrogens (tertiary/aromatic N) is 3. The highest BCUT2D eigenvalue weighted by atomic mass is 32.2. The molecule has 0 radical (unpaired) electrons. The molecule has 1 fully saturated rings. The molecule has 39 heavy (non-hydrogen) atoms. The molecule has 0 saturated carbocycles. The van der Waals surface area contributed by atoms with Gasteiger partial charge in [-0.15, -0.1) is 0 Å². The summed E-state index contributed by atoms with van der Waals surface area (Å²) in [7, 11) is 1.61. The smallest absolute Gasteiger partial charge is 0.411 e. The summed E-state index contributed by atoms with van der Waals surface area (Å²) in [6, 6.07) is 13.0. The number of hydrogen-bond acceptors (Lipinski definition) is 9. The van der Waals surface area contributed by atoms with E-state index in [1.807, 2.05) is 44.2 Å². The molecule has 0 bridgehead atoms. The molecule has 0 aromatic heterocycles. The zero-order valence-electron chi connectivity index (χ0n) is 22.7. The first-order valence-corrected chi connectivity index (χ1v) is 14.1. The summed E-state index contributed by atoms with van der Waals surface area (Å²) < 4.78 is 21.9. The molecule has 0 aliphatic carbocycles. The van der Waals surface area contributed by atoms with Crippen LogP contribution in [0.5, 0.6) is 11.5 Å². The number of nitrogens with one attached hydrogen (secondary N) is 1. The number of hydrogen-bond donors (Lipinski definition) is 1. The molecule has 11 heteroatoms. The van der Waals surface area contributed by atoms with Crippen molar-refractivity contribution in [2.75, 3.05) is 57.6 Å². The number of methoxy groups -OCH3 is 1. The Hall–Kier alpha value is -3.28. The van der Waals surface area contributed by atoms with E-state index in [0.717, 1.165) is 56.1 Å². The van der Waals surface area contributed by atoms with E-state index in [1.54, 1.807) is 19.2 Å². The molecule has 10 nitrogen and oxygen atoms in total. The Morgan fingerprint density at radius 3 is 2.62 bits per heavy atom. The van der Waals surface area contributed by atoms with Crippen LogP contribution >= 0.6 is 11.8 Å². The van der Waals surface area contributed by atoms with Gasteiger partial charge >= 0.3 is 11.3 Å². The Bertz CT molecular complexity index is 1150. The van der Waals surface area contributed by atoms with Gasteiger partial charge in [-0.05, 0) is 56.2 Å². The van der Waals surface area contributed by atoms with Gasteiger partial charge in [-0.2, -0.15) is 5.10 Å². The Balaban J connectivity index is 1.30. The second-order valence-electron chi connectivity index (χ2n) is 9.46. The van der Waals surface area contributed by atoms with Crippen LogP contribution < -0.4 is 14.8 Å². The maximum Gasteiger partial charge on any atom is 0.411 e. The standard InChI is InChI=1S/C28H36N4O6S/c1-20(2)38-26-17-22(7-10-25(26)35-3)24-19-39-28(34)32(30-24)18-21-5-8-23(9-6-21)29-27(33)37-14-4-11-31-12-15-36-16-13-31/h5-10,17,20H,4,11-16,18-19H2,1-3H3,(H,29,33). The number of amides is 2. The third-order valence-corrected chi connectivity index (χ3v) is 7.01. The number of benzene rings is 2. The summed E-state index contributed by atoms with van der Waals surface area (Å²) in [5, 5.41) is 8.72. The average Bonchev–Trinajstić information content (AvgIpc) is 2.93. The molecule has 0 spiro atoms. The number of anilines is 1. The molecule has 2 aliphatic rings. The van der Waals surface area contributed by atoms with Gasteiger partial charge in [-0.1, -0.05) is 23.9 Å². The number of morpholine rings is 1. The molecule has 2 heterocycles. The minimum Gasteiger partial charge on any atom is -0.493 e. The lowest BCUT2D eigenvalue weighted by atomic mass is 10.1. The summed E-state index contributed by atoms with van der Waals surface area (Å²) in [6.07, 6.45) is 0.288. The normalized spacial score (nSPS) is 16.2. The summed E-state index contributed by atoms with van der Waals surface area (Å²) in [5.74, 6) is 1.76. The van der Waals surface area contributed by atoms with Gasteiger partial charge in [0, 0.05) is 36.6 Å². The molecule has 2 aromatic rings.